The number of fused-ring (bicyclic) bond motifs is 3. The summed E-state index contributed by atoms with van der Waals surface area (Å²) in [5.74, 6) is 2.40. The third-order valence-electron chi connectivity index (χ3n) is 5.51. The topological polar surface area (TPSA) is 65.5 Å². The number of hydrogen-bond acceptors (Lipinski definition) is 6. The molecule has 5 aromatic rings. The second kappa shape index (κ2) is 10.9. The van der Waals surface area contributed by atoms with Crippen LogP contribution in [0.3, 0.4) is 0 Å². The largest absolute Gasteiger partial charge is 0.882 e. The van der Waals surface area contributed by atoms with Gasteiger partial charge in [0.25, 0.3) is 0 Å². The summed E-state index contributed by atoms with van der Waals surface area (Å²) in [5.41, 5.74) is 3.99. The number of nitrogens with zero attached hydrogens (tertiary/aromatic N) is 2. The van der Waals surface area contributed by atoms with E-state index in [1.807, 2.05) is 72.8 Å². The summed E-state index contributed by atoms with van der Waals surface area (Å²) in [7, 11) is 1.69. The summed E-state index contributed by atoms with van der Waals surface area (Å²) in [6, 6.07) is 25.6. The summed E-state index contributed by atoms with van der Waals surface area (Å²) in [4.78, 5) is 8.75. The Morgan fingerprint density at radius 2 is 1.29 bits per heavy atom. The quantitative estimate of drug-likeness (QED) is 0.318. The lowest BCUT2D eigenvalue weighted by atomic mass is 10.1. The third-order valence-corrected chi connectivity index (χ3v) is 6.21. The number of aromatic nitrogens is 2. The summed E-state index contributed by atoms with van der Waals surface area (Å²) >= 11 is -0.704. The second-order valence-electron chi connectivity index (χ2n) is 7.70. The summed E-state index contributed by atoms with van der Waals surface area (Å²) < 4.78 is 16.9. The van der Waals surface area contributed by atoms with Gasteiger partial charge in [0, 0.05) is 35.3 Å². The highest BCUT2D eigenvalue weighted by molar-refractivity contribution is 6.21. The Kier molecular flexibility index (Phi) is 7.09. The van der Waals surface area contributed by atoms with E-state index in [9.17, 15) is 0 Å². The molecule has 0 fully saturated rings. The van der Waals surface area contributed by atoms with Gasteiger partial charge in [0.05, 0.1) is 12.8 Å². The van der Waals surface area contributed by atoms with Crippen LogP contribution in [0.2, 0.25) is 0 Å². The van der Waals surface area contributed by atoms with Crippen molar-refractivity contribution < 1.29 is 12.3 Å². The molecule has 0 saturated heterocycles. The molecule has 0 unspecified atom stereocenters. The van der Waals surface area contributed by atoms with Gasteiger partial charge in [-0.2, -0.15) is 0 Å². The van der Waals surface area contributed by atoms with Crippen LogP contribution in [0.15, 0.2) is 97.3 Å². The molecule has 0 bridgehead atoms. The van der Waals surface area contributed by atoms with Gasteiger partial charge in [-0.25, -0.2) is 0 Å². The molecule has 35 heavy (non-hydrogen) atoms. The fourth-order valence-electron chi connectivity index (χ4n) is 3.86. The van der Waals surface area contributed by atoms with Gasteiger partial charge in [0.1, 0.15) is 28.3 Å². The molecular formula is C28H23AlN3O3. The fraction of sp³-hybridized carbons (Fsp3) is 0.0714. The van der Waals surface area contributed by atoms with Crippen molar-refractivity contribution in [1.29, 1.82) is 0 Å². The highest BCUT2D eigenvalue weighted by atomic mass is 27.2. The maximum atomic E-state index is 5.84. The zero-order valence-corrected chi connectivity index (χ0v) is 20.4. The van der Waals surface area contributed by atoms with Crippen LogP contribution in [0.25, 0.3) is 27.9 Å². The number of ether oxygens (including phenoxy) is 1. The van der Waals surface area contributed by atoms with Crippen LogP contribution in [-0.2, 0) is 0 Å². The molecule has 171 valence electrons. The Morgan fingerprint density at radius 3 is 1.91 bits per heavy atom. The number of nitrogens with one attached hydrogen (secondary N) is 1. The molecule has 3 heterocycles. The minimum atomic E-state index is -0.704. The van der Waals surface area contributed by atoms with Gasteiger partial charge in [-0.1, -0.05) is 60.7 Å². The smallest absolute Gasteiger partial charge is 0.614 e. The van der Waals surface area contributed by atoms with Crippen molar-refractivity contribution in [3.05, 3.63) is 103 Å². The first kappa shape index (κ1) is 22.7. The number of hydrogen-bond donors (Lipinski definition) is 1. The van der Waals surface area contributed by atoms with E-state index < -0.39 is 15.9 Å². The Bertz CT molecular complexity index is 1400. The minimum absolute atomic E-state index is 0.704. The number of para-hydroxylation sites is 3. The SMILES string of the molecule is COc1cccc2c1NCC=C2.c1cnc2c([O][Al][O]c3cccc4cccnc34)cccc2c1. The number of methoxy groups -OCH3 is 1. The van der Waals surface area contributed by atoms with Crippen molar-refractivity contribution in [2.24, 2.45) is 0 Å². The van der Waals surface area contributed by atoms with Crippen molar-refractivity contribution in [2.45, 2.75) is 0 Å². The van der Waals surface area contributed by atoms with Gasteiger partial charge in [0.15, 0.2) is 0 Å². The Labute approximate surface area is 210 Å². The molecular weight excluding hydrogens is 453 g/mol. The zero-order chi connectivity index (χ0) is 23.9. The average Bonchev–Trinajstić information content (AvgIpc) is 2.93. The molecule has 1 aliphatic rings. The normalized spacial score (nSPS) is 11.6. The van der Waals surface area contributed by atoms with E-state index >= 15 is 0 Å². The molecule has 3 aromatic carbocycles. The van der Waals surface area contributed by atoms with E-state index in [4.69, 9.17) is 12.3 Å². The predicted molar refractivity (Wildman–Crippen MR) is 141 cm³/mol. The van der Waals surface area contributed by atoms with Gasteiger partial charge in [-0.15, -0.1) is 0 Å². The van der Waals surface area contributed by atoms with Gasteiger partial charge >= 0.3 is 15.9 Å². The maximum Gasteiger partial charge on any atom is 0.882 e. The van der Waals surface area contributed by atoms with Crippen LogP contribution in [0.4, 0.5) is 5.69 Å². The monoisotopic (exact) mass is 476 g/mol. The molecule has 0 saturated carbocycles. The first-order chi connectivity index (χ1) is 17.3. The number of anilines is 1. The van der Waals surface area contributed by atoms with Gasteiger partial charge in [-0.05, 0) is 30.3 Å². The molecule has 0 amide bonds. The van der Waals surface area contributed by atoms with Crippen LogP contribution < -0.4 is 17.6 Å². The summed E-state index contributed by atoms with van der Waals surface area (Å²) in [6.45, 7) is 0.882. The Hall–Kier alpha value is -4.05. The van der Waals surface area contributed by atoms with Crippen LogP contribution in [0, 0.1) is 0 Å². The van der Waals surface area contributed by atoms with Crippen LogP contribution >= 0.6 is 0 Å². The summed E-state index contributed by atoms with van der Waals surface area (Å²) in [5, 5.41) is 5.37. The highest BCUT2D eigenvalue weighted by Gasteiger charge is 2.11. The van der Waals surface area contributed by atoms with E-state index in [1.165, 1.54) is 5.56 Å². The first-order valence-corrected chi connectivity index (χ1v) is 12.2. The third kappa shape index (κ3) is 5.22. The first-order valence-electron chi connectivity index (χ1n) is 11.2. The molecule has 6 nitrogen and oxygen atoms in total. The number of benzene rings is 3. The Morgan fingerprint density at radius 1 is 0.714 bits per heavy atom. The predicted octanol–water partition coefficient (Wildman–Crippen LogP) is 5.91. The minimum Gasteiger partial charge on any atom is -0.614 e. The lowest BCUT2D eigenvalue weighted by Gasteiger charge is -2.15. The van der Waals surface area contributed by atoms with Crippen LogP contribution in [-0.4, -0.2) is 39.5 Å². The molecule has 6 rings (SSSR count). The zero-order valence-electron chi connectivity index (χ0n) is 19.2. The molecule has 7 heteroatoms. The highest BCUT2D eigenvalue weighted by Crippen LogP contribution is 2.30. The van der Waals surface area contributed by atoms with Crippen LogP contribution in [0.5, 0.6) is 17.2 Å². The van der Waals surface area contributed by atoms with Gasteiger partial charge < -0.3 is 17.6 Å². The van der Waals surface area contributed by atoms with Crippen LogP contribution in [0.1, 0.15) is 5.56 Å². The average molecular weight is 476 g/mol. The Balaban J connectivity index is 0.000000178. The molecule has 0 aliphatic carbocycles. The van der Waals surface area contributed by atoms with Gasteiger partial charge in [0.2, 0.25) is 0 Å². The molecule has 1 aliphatic heterocycles. The maximum absolute atomic E-state index is 5.84. The number of rotatable bonds is 5. The van der Waals surface area contributed by atoms with Crippen molar-refractivity contribution in [3.63, 3.8) is 0 Å². The van der Waals surface area contributed by atoms with E-state index in [0.29, 0.717) is 0 Å². The van der Waals surface area contributed by atoms with E-state index in [1.54, 1.807) is 19.5 Å². The van der Waals surface area contributed by atoms with Crippen molar-refractivity contribution >= 4 is 49.5 Å². The molecule has 1 N–H and O–H groups in total. The van der Waals surface area contributed by atoms with Crippen molar-refractivity contribution in [3.8, 4) is 17.2 Å². The molecule has 0 atom stereocenters. The van der Waals surface area contributed by atoms with E-state index in [2.05, 4.69) is 33.5 Å². The van der Waals surface area contributed by atoms with Gasteiger partial charge in [-0.3, -0.25) is 9.97 Å². The van der Waals surface area contributed by atoms with E-state index in [-0.39, 0.29) is 0 Å². The van der Waals surface area contributed by atoms with Crippen molar-refractivity contribution in [1.82, 2.24) is 9.97 Å². The molecule has 1 radical (unpaired) electrons. The number of pyridine rings is 2. The summed E-state index contributed by atoms with van der Waals surface area (Å²) in [6.07, 6.45) is 7.73. The lowest BCUT2D eigenvalue weighted by molar-refractivity contribution is 0.416. The molecule has 0 spiro atoms. The molecule has 2 aromatic heterocycles. The lowest BCUT2D eigenvalue weighted by Crippen LogP contribution is -2.11. The second-order valence-corrected chi connectivity index (χ2v) is 8.37. The van der Waals surface area contributed by atoms with E-state index in [0.717, 1.165) is 51.3 Å². The fourth-order valence-corrected chi connectivity index (χ4v) is 4.50. The standard InChI is InChI=1S/C10H11NO.2C9H7NO.Al/c1-12-9-6-2-4-8-5-3-7-11-10(8)9;2*11-8-5-1-3-7-4-2-6-10-9(7)8;/h2-6,11H,7H2,1H3;2*1-6,11H;/q;;;+2/p-2. The van der Waals surface area contributed by atoms with Crippen molar-refractivity contribution in [2.75, 3.05) is 19.0 Å².